The molecule has 0 aliphatic rings. The zero-order valence-electron chi connectivity index (χ0n) is 11.1. The molecule has 0 saturated carbocycles. The summed E-state index contributed by atoms with van der Waals surface area (Å²) in [7, 11) is 0. The molecule has 1 N–H and O–H groups in total. The molecule has 3 nitrogen and oxygen atoms in total. The Morgan fingerprint density at radius 3 is 2.60 bits per heavy atom. The van der Waals surface area contributed by atoms with Gasteiger partial charge in [0, 0.05) is 18.2 Å². The number of aliphatic hydroxyl groups excluding tert-OH is 1. The summed E-state index contributed by atoms with van der Waals surface area (Å²) in [5, 5.41) is 9.04. The zero-order chi connectivity index (χ0) is 14.4. The Labute approximate surface area is 118 Å². The lowest BCUT2D eigenvalue weighted by Gasteiger charge is -2.11. The van der Waals surface area contributed by atoms with Crippen LogP contribution in [-0.4, -0.2) is 17.7 Å². The summed E-state index contributed by atoms with van der Waals surface area (Å²) in [6.45, 7) is 3.48. The number of carbonyl (C=O) groups excluding carboxylic acids is 1. The van der Waals surface area contributed by atoms with Gasteiger partial charge in [-0.15, -0.1) is 0 Å². The average Bonchev–Trinajstić information content (AvgIpc) is 2.50. The first kappa shape index (κ1) is 14.0. The Kier molecular flexibility index (Phi) is 4.69. The second-order valence-corrected chi connectivity index (χ2v) is 4.30. The molecule has 0 aliphatic carbocycles. The van der Waals surface area contributed by atoms with E-state index in [-0.39, 0.29) is 6.61 Å². The molecule has 0 saturated heterocycles. The van der Waals surface area contributed by atoms with Crippen molar-refractivity contribution in [2.75, 3.05) is 6.61 Å². The summed E-state index contributed by atoms with van der Waals surface area (Å²) >= 11 is 0. The number of benzene rings is 2. The lowest BCUT2D eigenvalue weighted by Crippen LogP contribution is -2.04. The van der Waals surface area contributed by atoms with E-state index in [0.717, 1.165) is 22.8 Å². The van der Waals surface area contributed by atoms with Gasteiger partial charge in [-0.3, -0.25) is 0 Å². The quantitative estimate of drug-likeness (QED) is 0.515. The molecule has 0 amide bonds. The molecule has 0 aromatic heterocycles. The van der Waals surface area contributed by atoms with E-state index in [2.05, 4.69) is 6.58 Å². The summed E-state index contributed by atoms with van der Waals surface area (Å²) in [5.41, 5.74) is 2.77. The van der Waals surface area contributed by atoms with Crippen molar-refractivity contribution in [3.63, 3.8) is 0 Å². The number of ether oxygens (including phenoxy) is 1. The van der Waals surface area contributed by atoms with E-state index in [0.29, 0.717) is 12.2 Å². The van der Waals surface area contributed by atoms with Gasteiger partial charge in [-0.25, -0.2) is 4.79 Å². The highest BCUT2D eigenvalue weighted by molar-refractivity contribution is 5.85. The van der Waals surface area contributed by atoms with Crippen LogP contribution in [0.3, 0.4) is 0 Å². The average molecular weight is 268 g/mol. The number of esters is 1. The number of hydrogen-bond donors (Lipinski definition) is 1. The summed E-state index contributed by atoms with van der Waals surface area (Å²) in [6.07, 6.45) is 1.70. The van der Waals surface area contributed by atoms with E-state index in [4.69, 9.17) is 9.84 Å². The highest BCUT2D eigenvalue weighted by Crippen LogP contribution is 2.31. The Hall–Kier alpha value is -2.39. The molecule has 3 heteroatoms. The van der Waals surface area contributed by atoms with E-state index >= 15 is 0 Å². The van der Waals surface area contributed by atoms with Crippen molar-refractivity contribution in [3.8, 4) is 16.9 Å². The molecular formula is C17H16O3. The second-order valence-electron chi connectivity index (χ2n) is 4.30. The molecule has 0 radical (unpaired) electrons. The molecule has 2 aromatic carbocycles. The molecule has 2 rings (SSSR count). The maximum absolute atomic E-state index is 11.4. The van der Waals surface area contributed by atoms with Gasteiger partial charge in [0.1, 0.15) is 5.75 Å². The Balaban J connectivity index is 2.45. The monoisotopic (exact) mass is 268 g/mol. The third kappa shape index (κ3) is 3.33. The first-order chi connectivity index (χ1) is 9.74. The van der Waals surface area contributed by atoms with Crippen LogP contribution in [0.15, 0.2) is 61.2 Å². The molecule has 0 unspecified atom stereocenters. The van der Waals surface area contributed by atoms with Crippen molar-refractivity contribution in [2.45, 2.75) is 6.42 Å². The van der Waals surface area contributed by atoms with Gasteiger partial charge in [0.05, 0.1) is 0 Å². The van der Waals surface area contributed by atoms with E-state index in [1.54, 1.807) is 6.07 Å². The molecule has 0 atom stereocenters. The fourth-order valence-corrected chi connectivity index (χ4v) is 1.94. The number of aliphatic hydroxyl groups is 1. The van der Waals surface area contributed by atoms with Gasteiger partial charge in [0.2, 0.25) is 0 Å². The van der Waals surface area contributed by atoms with Crippen LogP contribution in [0.4, 0.5) is 0 Å². The number of carbonyl (C=O) groups is 1. The van der Waals surface area contributed by atoms with Gasteiger partial charge in [0.25, 0.3) is 0 Å². The predicted octanol–water partition coefficient (Wildman–Crippen LogP) is 2.98. The SMILES string of the molecule is C=CC(=O)Oc1ccc(CCO)cc1-c1ccccc1. The predicted molar refractivity (Wildman–Crippen MR) is 78.5 cm³/mol. The van der Waals surface area contributed by atoms with Crippen LogP contribution < -0.4 is 4.74 Å². The Morgan fingerprint density at radius 1 is 1.20 bits per heavy atom. The Morgan fingerprint density at radius 2 is 1.95 bits per heavy atom. The van der Waals surface area contributed by atoms with Crippen LogP contribution in [0.5, 0.6) is 5.75 Å². The molecule has 0 aliphatic heterocycles. The molecule has 0 heterocycles. The van der Waals surface area contributed by atoms with Crippen molar-refractivity contribution in [3.05, 3.63) is 66.7 Å². The van der Waals surface area contributed by atoms with Crippen LogP contribution in [-0.2, 0) is 11.2 Å². The highest BCUT2D eigenvalue weighted by Gasteiger charge is 2.10. The van der Waals surface area contributed by atoms with E-state index < -0.39 is 5.97 Å². The summed E-state index contributed by atoms with van der Waals surface area (Å²) in [6, 6.07) is 15.2. The zero-order valence-corrected chi connectivity index (χ0v) is 11.1. The Bertz CT molecular complexity index is 603. The first-order valence-electron chi connectivity index (χ1n) is 6.38. The van der Waals surface area contributed by atoms with Gasteiger partial charge in [-0.1, -0.05) is 43.0 Å². The lowest BCUT2D eigenvalue weighted by molar-refractivity contribution is -0.128. The second kappa shape index (κ2) is 6.68. The summed E-state index contributed by atoms with van der Waals surface area (Å²) in [5.74, 6) is -0.000112. The minimum atomic E-state index is -0.489. The third-order valence-electron chi connectivity index (χ3n) is 2.91. The maximum Gasteiger partial charge on any atom is 0.335 e. The van der Waals surface area contributed by atoms with Crippen LogP contribution >= 0.6 is 0 Å². The fourth-order valence-electron chi connectivity index (χ4n) is 1.94. The van der Waals surface area contributed by atoms with Crippen molar-refractivity contribution in [1.82, 2.24) is 0 Å². The largest absolute Gasteiger partial charge is 0.423 e. The van der Waals surface area contributed by atoms with Crippen molar-refractivity contribution in [1.29, 1.82) is 0 Å². The topological polar surface area (TPSA) is 46.5 Å². The number of hydrogen-bond acceptors (Lipinski definition) is 3. The molecule has 102 valence electrons. The van der Waals surface area contributed by atoms with E-state index in [1.165, 1.54) is 0 Å². The first-order valence-corrected chi connectivity index (χ1v) is 6.38. The molecule has 0 bridgehead atoms. The fraction of sp³-hybridized carbons (Fsp3) is 0.118. The van der Waals surface area contributed by atoms with Crippen molar-refractivity contribution >= 4 is 5.97 Å². The van der Waals surface area contributed by atoms with Crippen LogP contribution in [0.25, 0.3) is 11.1 Å². The van der Waals surface area contributed by atoms with E-state index in [9.17, 15) is 4.79 Å². The summed E-state index contributed by atoms with van der Waals surface area (Å²) in [4.78, 5) is 11.4. The van der Waals surface area contributed by atoms with E-state index in [1.807, 2.05) is 42.5 Å². The molecular weight excluding hydrogens is 252 g/mol. The maximum atomic E-state index is 11.4. The normalized spacial score (nSPS) is 10.1. The highest BCUT2D eigenvalue weighted by atomic mass is 16.5. The van der Waals surface area contributed by atoms with Crippen LogP contribution in [0.2, 0.25) is 0 Å². The molecule has 0 spiro atoms. The molecule has 2 aromatic rings. The van der Waals surface area contributed by atoms with Gasteiger partial charge < -0.3 is 9.84 Å². The number of rotatable bonds is 5. The smallest absolute Gasteiger partial charge is 0.335 e. The standard InChI is InChI=1S/C17H16O3/c1-2-17(19)20-16-9-8-13(10-11-18)12-15(16)14-6-4-3-5-7-14/h2-9,12,18H,1,10-11H2. The third-order valence-corrected chi connectivity index (χ3v) is 2.91. The minimum absolute atomic E-state index is 0.0834. The van der Waals surface area contributed by atoms with Crippen molar-refractivity contribution in [2.24, 2.45) is 0 Å². The van der Waals surface area contributed by atoms with Crippen LogP contribution in [0.1, 0.15) is 5.56 Å². The lowest BCUT2D eigenvalue weighted by atomic mass is 10.0. The molecule has 0 fully saturated rings. The molecule has 20 heavy (non-hydrogen) atoms. The van der Waals surface area contributed by atoms with Gasteiger partial charge in [-0.05, 0) is 29.7 Å². The minimum Gasteiger partial charge on any atom is -0.423 e. The summed E-state index contributed by atoms with van der Waals surface area (Å²) < 4.78 is 5.26. The van der Waals surface area contributed by atoms with Gasteiger partial charge in [0.15, 0.2) is 0 Å². The van der Waals surface area contributed by atoms with Gasteiger partial charge >= 0.3 is 5.97 Å². The van der Waals surface area contributed by atoms with Crippen molar-refractivity contribution < 1.29 is 14.6 Å². The van der Waals surface area contributed by atoms with Gasteiger partial charge in [-0.2, -0.15) is 0 Å². The van der Waals surface area contributed by atoms with Crippen LogP contribution in [0, 0.1) is 0 Å².